The molecule has 0 aliphatic carbocycles. The summed E-state index contributed by atoms with van der Waals surface area (Å²) >= 11 is 0. The van der Waals surface area contributed by atoms with Gasteiger partial charge in [-0.1, -0.05) is 108 Å². The van der Waals surface area contributed by atoms with E-state index in [0.29, 0.717) is 0 Å². The molecule has 0 saturated carbocycles. The third-order valence-corrected chi connectivity index (χ3v) is 7.70. The molecule has 0 bridgehead atoms. The molecule has 2 aromatic heterocycles. The number of fused-ring (bicyclic) bond motifs is 2. The predicted molar refractivity (Wildman–Crippen MR) is 161 cm³/mol. The lowest BCUT2D eigenvalue weighted by molar-refractivity contribution is 0.429. The highest BCUT2D eigenvalue weighted by Crippen LogP contribution is 2.55. The smallest absolute Gasteiger partial charge is 0.132 e. The van der Waals surface area contributed by atoms with Crippen LogP contribution in [-0.2, 0) is 5.41 Å². The number of rotatable bonds is 4. The maximum absolute atomic E-state index is 6.56. The summed E-state index contributed by atoms with van der Waals surface area (Å²) in [5, 5.41) is 0. The van der Waals surface area contributed by atoms with Gasteiger partial charge >= 0.3 is 0 Å². The zero-order valence-electron chi connectivity index (χ0n) is 22.5. The maximum atomic E-state index is 6.56. The third kappa shape index (κ3) is 3.90. The monoisotopic (exact) mass is 516 g/mol. The van der Waals surface area contributed by atoms with Crippen LogP contribution in [-0.4, -0.2) is 9.97 Å². The van der Waals surface area contributed by atoms with E-state index in [1.165, 1.54) is 0 Å². The number of aromatic nitrogens is 2. The Hall–Kier alpha value is -5.02. The molecule has 40 heavy (non-hydrogen) atoms. The molecule has 4 aromatic carbocycles. The number of hydrogen-bond donors (Lipinski definition) is 0. The van der Waals surface area contributed by atoms with Gasteiger partial charge in [-0.25, -0.2) is 0 Å². The minimum absolute atomic E-state index is 0.795. The average molecular weight is 517 g/mol. The lowest BCUT2D eigenvalue weighted by Crippen LogP contribution is -2.36. The van der Waals surface area contributed by atoms with Crippen molar-refractivity contribution in [3.63, 3.8) is 0 Å². The fourth-order valence-corrected chi connectivity index (χ4v) is 5.82. The van der Waals surface area contributed by atoms with Gasteiger partial charge in [0.1, 0.15) is 16.9 Å². The Bertz CT molecular complexity index is 1710. The highest BCUT2D eigenvalue weighted by atomic mass is 16.5. The van der Waals surface area contributed by atoms with Crippen molar-refractivity contribution >= 4 is 0 Å². The number of benzene rings is 4. The lowest BCUT2D eigenvalue weighted by atomic mass is 9.66. The fourth-order valence-electron chi connectivity index (χ4n) is 5.82. The van der Waals surface area contributed by atoms with Crippen LogP contribution in [0.25, 0.3) is 22.5 Å². The molecule has 7 rings (SSSR count). The molecule has 6 aromatic rings. The maximum Gasteiger partial charge on any atom is 0.132 e. The van der Waals surface area contributed by atoms with Crippen LogP contribution in [0.3, 0.4) is 0 Å². The number of pyridine rings is 2. The summed E-state index contributed by atoms with van der Waals surface area (Å²) in [6.07, 6.45) is 0. The van der Waals surface area contributed by atoms with Crippen molar-refractivity contribution < 1.29 is 4.74 Å². The van der Waals surface area contributed by atoms with Crippen molar-refractivity contribution in [2.45, 2.75) is 19.3 Å². The molecule has 0 saturated heterocycles. The van der Waals surface area contributed by atoms with Gasteiger partial charge in [0, 0.05) is 22.3 Å². The molecule has 3 heteroatoms. The van der Waals surface area contributed by atoms with Crippen LogP contribution < -0.4 is 4.74 Å². The van der Waals surface area contributed by atoms with Crippen LogP contribution in [0.1, 0.15) is 33.6 Å². The molecule has 192 valence electrons. The minimum Gasteiger partial charge on any atom is -0.457 e. The molecule has 0 amide bonds. The van der Waals surface area contributed by atoms with E-state index in [-0.39, 0.29) is 0 Å². The highest BCUT2D eigenvalue weighted by Gasteiger charge is 2.48. The van der Waals surface area contributed by atoms with Crippen molar-refractivity contribution in [2.75, 3.05) is 0 Å². The van der Waals surface area contributed by atoms with E-state index in [9.17, 15) is 0 Å². The molecular weight excluding hydrogens is 488 g/mol. The van der Waals surface area contributed by atoms with Gasteiger partial charge in [-0.3, -0.25) is 9.97 Å². The molecule has 0 N–H and O–H groups in total. The van der Waals surface area contributed by atoms with Gasteiger partial charge in [-0.05, 0) is 50.2 Å². The normalized spacial score (nSPS) is 13.2. The molecule has 3 nitrogen and oxygen atoms in total. The standard InChI is InChI=1S/C37H28N2O/c1-25-19-21-33-29(23-25)37(30-24-26(2)20-22-34(30)40-33,35-17-9-15-31(38-35)27-11-5-3-6-12-27)36-18-10-16-32(39-36)28-13-7-4-8-14-28/h3-24H,1-2H3. The molecule has 0 fully saturated rings. The zero-order chi connectivity index (χ0) is 27.1. The number of nitrogens with zero attached hydrogens (tertiary/aromatic N) is 2. The van der Waals surface area contributed by atoms with Gasteiger partial charge in [-0.2, -0.15) is 0 Å². The van der Waals surface area contributed by atoms with E-state index >= 15 is 0 Å². The van der Waals surface area contributed by atoms with Crippen LogP contribution in [0.5, 0.6) is 11.5 Å². The lowest BCUT2D eigenvalue weighted by Gasteiger charge is -2.40. The zero-order valence-corrected chi connectivity index (χ0v) is 22.5. The van der Waals surface area contributed by atoms with Crippen LogP contribution in [0.2, 0.25) is 0 Å². The van der Waals surface area contributed by atoms with Gasteiger partial charge in [-0.15, -0.1) is 0 Å². The fraction of sp³-hybridized carbons (Fsp3) is 0.0811. The average Bonchev–Trinajstić information content (AvgIpc) is 3.01. The molecule has 0 atom stereocenters. The molecule has 1 aliphatic rings. The Morgan fingerprint density at radius 1 is 0.475 bits per heavy atom. The van der Waals surface area contributed by atoms with Crippen LogP contribution in [0, 0.1) is 13.8 Å². The Labute approximate surface area is 234 Å². The van der Waals surface area contributed by atoms with Crippen LogP contribution in [0.4, 0.5) is 0 Å². The molecule has 0 radical (unpaired) electrons. The van der Waals surface area contributed by atoms with E-state index in [4.69, 9.17) is 14.7 Å². The first kappa shape index (κ1) is 24.1. The SMILES string of the molecule is Cc1ccc2c(c1)C(c1cccc(-c3ccccc3)n1)(c1cccc(-c3ccccc3)n1)c1cc(C)ccc1O2. The second-order valence-electron chi connectivity index (χ2n) is 10.4. The quantitative estimate of drug-likeness (QED) is 0.234. The van der Waals surface area contributed by atoms with Gasteiger partial charge in [0.25, 0.3) is 0 Å². The summed E-state index contributed by atoms with van der Waals surface area (Å²) in [6.45, 7) is 4.25. The summed E-state index contributed by atoms with van der Waals surface area (Å²) in [4.78, 5) is 10.8. The number of ether oxygens (including phenoxy) is 1. The Morgan fingerprint density at radius 3 is 1.38 bits per heavy atom. The van der Waals surface area contributed by atoms with E-state index in [1.807, 2.05) is 12.1 Å². The van der Waals surface area contributed by atoms with E-state index in [2.05, 4.69) is 135 Å². The van der Waals surface area contributed by atoms with E-state index < -0.39 is 5.41 Å². The van der Waals surface area contributed by atoms with E-state index in [1.54, 1.807) is 0 Å². The van der Waals surface area contributed by atoms with Crippen molar-refractivity contribution in [1.29, 1.82) is 0 Å². The first-order chi connectivity index (χ1) is 19.6. The van der Waals surface area contributed by atoms with Gasteiger partial charge < -0.3 is 4.74 Å². The third-order valence-electron chi connectivity index (χ3n) is 7.70. The summed E-state index contributed by atoms with van der Waals surface area (Å²) in [7, 11) is 0. The summed E-state index contributed by atoms with van der Waals surface area (Å²) < 4.78 is 6.56. The predicted octanol–water partition coefficient (Wildman–Crippen LogP) is 8.92. The Balaban J connectivity index is 1.60. The second kappa shape index (κ2) is 9.62. The molecule has 0 spiro atoms. The highest BCUT2D eigenvalue weighted by molar-refractivity contribution is 5.70. The summed E-state index contributed by atoms with van der Waals surface area (Å²) in [6, 6.07) is 46.1. The molecular formula is C37H28N2O. The molecule has 1 aliphatic heterocycles. The molecule has 3 heterocycles. The van der Waals surface area contributed by atoms with Crippen molar-refractivity contribution in [1.82, 2.24) is 9.97 Å². The van der Waals surface area contributed by atoms with Crippen LogP contribution >= 0.6 is 0 Å². The van der Waals surface area contributed by atoms with Crippen molar-refractivity contribution in [3.8, 4) is 34.0 Å². The summed E-state index contributed by atoms with van der Waals surface area (Å²) in [5.74, 6) is 1.64. The van der Waals surface area contributed by atoms with Gasteiger partial charge in [0.05, 0.1) is 22.8 Å². The van der Waals surface area contributed by atoms with Crippen molar-refractivity contribution in [3.05, 3.63) is 167 Å². The first-order valence-electron chi connectivity index (χ1n) is 13.6. The second-order valence-corrected chi connectivity index (χ2v) is 10.4. The largest absolute Gasteiger partial charge is 0.457 e. The van der Waals surface area contributed by atoms with Crippen molar-refractivity contribution in [2.24, 2.45) is 0 Å². The van der Waals surface area contributed by atoms with Crippen LogP contribution in [0.15, 0.2) is 133 Å². The minimum atomic E-state index is -0.795. The first-order valence-corrected chi connectivity index (χ1v) is 13.6. The van der Waals surface area contributed by atoms with Gasteiger partial charge in [0.15, 0.2) is 0 Å². The Morgan fingerprint density at radius 2 is 0.925 bits per heavy atom. The number of hydrogen-bond acceptors (Lipinski definition) is 3. The number of aryl methyl sites for hydroxylation is 2. The Kier molecular flexibility index (Phi) is 5.78. The van der Waals surface area contributed by atoms with Gasteiger partial charge in [0.2, 0.25) is 0 Å². The van der Waals surface area contributed by atoms with E-state index in [0.717, 1.165) is 67.7 Å². The molecule has 0 unspecified atom stereocenters. The topological polar surface area (TPSA) is 35.0 Å². The summed E-state index contributed by atoms with van der Waals surface area (Å²) in [5.41, 5.74) is 9.42.